The molecule has 1 aromatic carbocycles. The Morgan fingerprint density at radius 3 is 2.70 bits per heavy atom. The van der Waals surface area contributed by atoms with Crippen molar-refractivity contribution in [3.63, 3.8) is 0 Å². The molecule has 2 aromatic rings. The Morgan fingerprint density at radius 1 is 1.45 bits per heavy atom. The normalized spacial score (nSPS) is 11.3. The first-order valence-corrected chi connectivity index (χ1v) is 7.31. The van der Waals surface area contributed by atoms with Crippen molar-refractivity contribution in [2.75, 3.05) is 5.32 Å². The highest BCUT2D eigenvalue weighted by molar-refractivity contribution is 7.89. The summed E-state index contributed by atoms with van der Waals surface area (Å²) in [7, 11) is -2.15. The van der Waals surface area contributed by atoms with Crippen LogP contribution in [-0.4, -0.2) is 23.9 Å². The number of benzene rings is 1. The molecule has 0 saturated heterocycles. The minimum absolute atomic E-state index is 0.141. The summed E-state index contributed by atoms with van der Waals surface area (Å²) >= 11 is 5.91. The number of nitrogens with one attached hydrogen (secondary N) is 1. The lowest BCUT2D eigenvalue weighted by atomic mass is 10.3. The number of carbonyl (C=O) groups is 1. The molecular formula is C11H11ClN4O3S. The van der Waals surface area contributed by atoms with Gasteiger partial charge in [0.25, 0.3) is 5.91 Å². The molecule has 0 saturated carbocycles. The van der Waals surface area contributed by atoms with E-state index in [0.717, 1.165) is 0 Å². The van der Waals surface area contributed by atoms with Crippen LogP contribution in [0.4, 0.5) is 5.69 Å². The molecule has 0 bridgehead atoms. The average molecular weight is 315 g/mol. The third-order valence-corrected chi connectivity index (χ3v) is 3.69. The van der Waals surface area contributed by atoms with E-state index in [2.05, 4.69) is 10.3 Å². The number of primary sulfonamides is 1. The predicted octanol–water partition coefficient (Wildman–Crippen LogP) is 0.973. The number of carbonyl (C=O) groups excluding carboxylic acids is 1. The van der Waals surface area contributed by atoms with Crippen LogP contribution < -0.4 is 10.5 Å². The summed E-state index contributed by atoms with van der Waals surface area (Å²) in [5, 5.41) is 7.70. The number of nitrogens with zero attached hydrogens (tertiary/aromatic N) is 2. The molecule has 7 nitrogen and oxygen atoms in total. The fraction of sp³-hybridized carbons (Fsp3) is 0.0909. The molecule has 0 aliphatic rings. The zero-order chi connectivity index (χ0) is 14.9. The van der Waals surface area contributed by atoms with Gasteiger partial charge in [-0.05, 0) is 18.2 Å². The molecular weight excluding hydrogens is 304 g/mol. The Bertz CT molecular complexity index is 770. The van der Waals surface area contributed by atoms with Crippen LogP contribution in [0.25, 0.3) is 0 Å². The lowest BCUT2D eigenvalue weighted by Crippen LogP contribution is -2.15. The smallest absolute Gasteiger partial charge is 0.275 e. The molecule has 0 aliphatic heterocycles. The number of sulfonamides is 1. The summed E-state index contributed by atoms with van der Waals surface area (Å²) in [4.78, 5) is 15.7. The summed E-state index contributed by atoms with van der Waals surface area (Å²) in [6.07, 6.45) is 2.99. The lowest BCUT2D eigenvalue weighted by molar-refractivity contribution is 0.102. The molecule has 0 atom stereocenters. The number of rotatable bonds is 3. The van der Waals surface area contributed by atoms with E-state index in [1.807, 2.05) is 0 Å². The standard InChI is InChI=1S/C11H11ClN4O3S/c1-16-5-10(14-6-16)11(17)15-9-4-7(20(13,18)19)2-3-8(9)12/h2-6H,1H3,(H,15,17)(H2,13,18,19). The summed E-state index contributed by atoms with van der Waals surface area (Å²) < 4.78 is 24.1. The Kier molecular flexibility index (Phi) is 3.80. The van der Waals surface area contributed by atoms with Gasteiger partial charge in [0, 0.05) is 13.2 Å². The first-order valence-electron chi connectivity index (χ1n) is 5.39. The van der Waals surface area contributed by atoms with E-state index < -0.39 is 15.9 Å². The van der Waals surface area contributed by atoms with Gasteiger partial charge < -0.3 is 9.88 Å². The molecule has 3 N–H and O–H groups in total. The Hall–Kier alpha value is -1.90. The minimum atomic E-state index is -3.87. The maximum atomic E-state index is 11.9. The van der Waals surface area contributed by atoms with Gasteiger partial charge in [0.2, 0.25) is 10.0 Å². The van der Waals surface area contributed by atoms with E-state index in [4.69, 9.17) is 16.7 Å². The number of halogens is 1. The molecule has 0 aliphatic carbocycles. The Balaban J connectivity index is 2.31. The van der Waals surface area contributed by atoms with Crippen molar-refractivity contribution in [3.8, 4) is 0 Å². The average Bonchev–Trinajstić information content (AvgIpc) is 2.77. The highest BCUT2D eigenvalue weighted by atomic mass is 35.5. The van der Waals surface area contributed by atoms with Crippen molar-refractivity contribution < 1.29 is 13.2 Å². The van der Waals surface area contributed by atoms with E-state index in [-0.39, 0.29) is 21.3 Å². The van der Waals surface area contributed by atoms with Crippen LogP contribution in [0, 0.1) is 0 Å². The van der Waals surface area contributed by atoms with E-state index in [1.165, 1.54) is 30.7 Å². The first-order chi connectivity index (χ1) is 9.27. The van der Waals surface area contributed by atoms with Crippen molar-refractivity contribution in [2.24, 2.45) is 12.2 Å². The van der Waals surface area contributed by atoms with Gasteiger partial charge in [-0.15, -0.1) is 0 Å². The largest absolute Gasteiger partial charge is 0.340 e. The molecule has 1 heterocycles. The molecule has 2 rings (SSSR count). The summed E-state index contributed by atoms with van der Waals surface area (Å²) in [6, 6.07) is 3.79. The topological polar surface area (TPSA) is 107 Å². The summed E-state index contributed by atoms with van der Waals surface area (Å²) in [6.45, 7) is 0. The summed E-state index contributed by atoms with van der Waals surface area (Å²) in [5.41, 5.74) is 0.332. The van der Waals surface area contributed by atoms with Crippen molar-refractivity contribution in [1.82, 2.24) is 9.55 Å². The fourth-order valence-electron chi connectivity index (χ4n) is 1.49. The van der Waals surface area contributed by atoms with Gasteiger partial charge in [0.1, 0.15) is 5.69 Å². The second kappa shape index (κ2) is 5.23. The lowest BCUT2D eigenvalue weighted by Gasteiger charge is -2.07. The zero-order valence-electron chi connectivity index (χ0n) is 10.4. The van der Waals surface area contributed by atoms with Crippen molar-refractivity contribution in [2.45, 2.75) is 4.90 Å². The van der Waals surface area contributed by atoms with E-state index in [1.54, 1.807) is 11.6 Å². The molecule has 0 radical (unpaired) electrons. The molecule has 106 valence electrons. The number of hydrogen-bond acceptors (Lipinski definition) is 4. The van der Waals surface area contributed by atoms with Crippen molar-refractivity contribution in [1.29, 1.82) is 0 Å². The number of nitrogens with two attached hydrogens (primary N) is 1. The van der Waals surface area contributed by atoms with Gasteiger partial charge >= 0.3 is 0 Å². The Morgan fingerprint density at radius 2 is 2.15 bits per heavy atom. The van der Waals surface area contributed by atoms with Crippen LogP contribution in [0.2, 0.25) is 5.02 Å². The number of aryl methyl sites for hydroxylation is 1. The van der Waals surface area contributed by atoms with Gasteiger partial charge in [0.05, 0.1) is 21.9 Å². The molecule has 9 heteroatoms. The predicted molar refractivity (Wildman–Crippen MR) is 74.0 cm³/mol. The highest BCUT2D eigenvalue weighted by Gasteiger charge is 2.14. The van der Waals surface area contributed by atoms with Crippen LogP contribution in [0.15, 0.2) is 35.6 Å². The van der Waals surface area contributed by atoms with Gasteiger partial charge in [-0.3, -0.25) is 4.79 Å². The van der Waals surface area contributed by atoms with Gasteiger partial charge in [-0.25, -0.2) is 18.5 Å². The second-order valence-corrected chi connectivity index (χ2v) is 6.03. The van der Waals surface area contributed by atoms with Crippen LogP contribution in [0.5, 0.6) is 0 Å². The fourth-order valence-corrected chi connectivity index (χ4v) is 2.20. The molecule has 1 amide bonds. The van der Waals surface area contributed by atoms with E-state index >= 15 is 0 Å². The molecule has 20 heavy (non-hydrogen) atoms. The second-order valence-electron chi connectivity index (χ2n) is 4.07. The number of aromatic nitrogens is 2. The maximum absolute atomic E-state index is 11.9. The van der Waals surface area contributed by atoms with Crippen molar-refractivity contribution in [3.05, 3.63) is 41.4 Å². The minimum Gasteiger partial charge on any atom is -0.340 e. The molecule has 0 spiro atoms. The first kappa shape index (κ1) is 14.5. The van der Waals surface area contributed by atoms with Gasteiger partial charge in [-0.2, -0.15) is 0 Å². The summed E-state index contributed by atoms with van der Waals surface area (Å²) in [5.74, 6) is -0.501. The van der Waals surface area contributed by atoms with Crippen molar-refractivity contribution >= 4 is 33.2 Å². The van der Waals surface area contributed by atoms with Crippen LogP contribution in [0.1, 0.15) is 10.5 Å². The van der Waals surface area contributed by atoms with E-state index in [9.17, 15) is 13.2 Å². The third-order valence-electron chi connectivity index (χ3n) is 2.45. The quantitative estimate of drug-likeness (QED) is 0.880. The van der Waals surface area contributed by atoms with Crippen LogP contribution in [0.3, 0.4) is 0 Å². The number of imidazole rings is 1. The van der Waals surface area contributed by atoms with Crippen LogP contribution in [-0.2, 0) is 17.1 Å². The molecule has 0 unspecified atom stereocenters. The Labute approximate surface area is 120 Å². The van der Waals surface area contributed by atoms with Gasteiger partial charge in [-0.1, -0.05) is 11.6 Å². The maximum Gasteiger partial charge on any atom is 0.275 e. The number of amides is 1. The number of anilines is 1. The van der Waals surface area contributed by atoms with Gasteiger partial charge in [0.15, 0.2) is 0 Å². The molecule has 1 aromatic heterocycles. The highest BCUT2D eigenvalue weighted by Crippen LogP contribution is 2.25. The van der Waals surface area contributed by atoms with E-state index in [0.29, 0.717) is 0 Å². The molecule has 0 fully saturated rings. The number of hydrogen-bond donors (Lipinski definition) is 2. The SMILES string of the molecule is Cn1cnc(C(=O)Nc2cc(S(N)(=O)=O)ccc2Cl)c1. The zero-order valence-corrected chi connectivity index (χ0v) is 11.9. The third kappa shape index (κ3) is 3.16. The van der Waals surface area contributed by atoms with Crippen LogP contribution >= 0.6 is 11.6 Å². The monoisotopic (exact) mass is 314 g/mol.